The minimum absolute atomic E-state index is 0.315. The molecule has 2 aromatic rings. The number of thioether (sulfide) groups is 1. The van der Waals surface area contributed by atoms with Crippen molar-refractivity contribution < 1.29 is 4.39 Å². The van der Waals surface area contributed by atoms with Gasteiger partial charge in [0.1, 0.15) is 5.82 Å². The van der Waals surface area contributed by atoms with Crippen LogP contribution in [0.1, 0.15) is 11.1 Å². The van der Waals surface area contributed by atoms with Crippen LogP contribution in [0.5, 0.6) is 0 Å². The molecule has 0 aromatic heterocycles. The maximum absolute atomic E-state index is 12.9. The van der Waals surface area contributed by atoms with E-state index in [2.05, 4.69) is 0 Å². The van der Waals surface area contributed by atoms with Crippen molar-refractivity contribution in [3.63, 3.8) is 0 Å². The van der Waals surface area contributed by atoms with Crippen molar-refractivity contribution in [1.29, 1.82) is 0 Å². The fourth-order valence-electron chi connectivity index (χ4n) is 1.58. The average Bonchev–Trinajstić information content (AvgIpc) is 2.30. The zero-order chi connectivity index (χ0) is 13.1. The molecular formula is C14H13ClFNS. The highest BCUT2D eigenvalue weighted by atomic mass is 35.5. The minimum Gasteiger partial charge on any atom is -0.398 e. The number of anilines is 1. The molecule has 0 spiro atoms. The van der Waals surface area contributed by atoms with Crippen LogP contribution < -0.4 is 5.73 Å². The van der Waals surface area contributed by atoms with E-state index >= 15 is 0 Å². The Bertz CT molecular complexity index is 520. The van der Waals surface area contributed by atoms with E-state index in [0.717, 1.165) is 26.8 Å². The molecule has 0 atom stereocenters. The van der Waals surface area contributed by atoms with Gasteiger partial charge in [0.25, 0.3) is 0 Å². The van der Waals surface area contributed by atoms with Gasteiger partial charge in [0.15, 0.2) is 0 Å². The topological polar surface area (TPSA) is 26.0 Å². The van der Waals surface area contributed by atoms with E-state index in [-0.39, 0.29) is 5.82 Å². The Morgan fingerprint density at radius 2 is 2.00 bits per heavy atom. The predicted molar refractivity (Wildman–Crippen MR) is 76.6 cm³/mol. The van der Waals surface area contributed by atoms with Gasteiger partial charge >= 0.3 is 0 Å². The van der Waals surface area contributed by atoms with E-state index in [1.54, 1.807) is 17.8 Å². The molecule has 0 aliphatic rings. The van der Waals surface area contributed by atoms with Crippen LogP contribution in [0.3, 0.4) is 0 Å². The summed E-state index contributed by atoms with van der Waals surface area (Å²) < 4.78 is 12.9. The van der Waals surface area contributed by atoms with Gasteiger partial charge in [-0.15, -0.1) is 11.8 Å². The third kappa shape index (κ3) is 3.18. The van der Waals surface area contributed by atoms with Crippen LogP contribution in [-0.2, 0) is 5.75 Å². The van der Waals surface area contributed by atoms with Crippen molar-refractivity contribution in [2.24, 2.45) is 0 Å². The molecular weight excluding hydrogens is 269 g/mol. The lowest BCUT2D eigenvalue weighted by Gasteiger charge is -2.07. The normalized spacial score (nSPS) is 10.6. The number of halogens is 2. The summed E-state index contributed by atoms with van der Waals surface area (Å²) in [6, 6.07) is 10.4. The van der Waals surface area contributed by atoms with E-state index in [9.17, 15) is 4.39 Å². The molecule has 0 bridgehead atoms. The summed E-state index contributed by atoms with van der Waals surface area (Å²) in [5.41, 5.74) is 8.40. The lowest BCUT2D eigenvalue weighted by molar-refractivity contribution is 0.627. The smallest absolute Gasteiger partial charge is 0.125 e. The Kier molecular flexibility index (Phi) is 4.15. The lowest BCUT2D eigenvalue weighted by atomic mass is 10.2. The summed E-state index contributed by atoms with van der Waals surface area (Å²) in [6.07, 6.45) is 0. The monoisotopic (exact) mass is 281 g/mol. The van der Waals surface area contributed by atoms with Crippen molar-refractivity contribution in [2.75, 3.05) is 5.73 Å². The molecule has 0 unspecified atom stereocenters. The quantitative estimate of drug-likeness (QED) is 0.654. The molecule has 0 fully saturated rings. The number of nitrogen functional groups attached to an aromatic ring is 1. The Labute approximate surface area is 115 Å². The van der Waals surface area contributed by atoms with E-state index in [1.807, 2.05) is 25.1 Å². The molecule has 94 valence electrons. The first-order chi connectivity index (χ1) is 8.56. The zero-order valence-electron chi connectivity index (χ0n) is 9.91. The van der Waals surface area contributed by atoms with Gasteiger partial charge < -0.3 is 5.73 Å². The molecule has 0 saturated carbocycles. The van der Waals surface area contributed by atoms with Gasteiger partial charge in [-0.3, -0.25) is 0 Å². The van der Waals surface area contributed by atoms with Crippen molar-refractivity contribution in [2.45, 2.75) is 17.6 Å². The minimum atomic E-state index is -0.315. The van der Waals surface area contributed by atoms with Crippen LogP contribution >= 0.6 is 23.4 Å². The molecule has 2 N–H and O–H groups in total. The predicted octanol–water partition coefficient (Wildman–Crippen LogP) is 4.66. The van der Waals surface area contributed by atoms with Gasteiger partial charge in [0.2, 0.25) is 0 Å². The Morgan fingerprint density at radius 3 is 2.67 bits per heavy atom. The van der Waals surface area contributed by atoms with E-state index < -0.39 is 0 Å². The standard InChI is InChI=1S/C14H13ClFNS/c1-9-2-3-10(12(15)6-9)8-18-14-5-4-11(16)7-13(14)17/h2-7H,8,17H2,1H3. The molecule has 2 aromatic carbocycles. The first-order valence-electron chi connectivity index (χ1n) is 5.49. The molecule has 0 saturated heterocycles. The molecule has 0 aliphatic carbocycles. The second-order valence-electron chi connectivity index (χ2n) is 4.07. The van der Waals surface area contributed by atoms with Gasteiger partial charge in [0, 0.05) is 21.4 Å². The second kappa shape index (κ2) is 5.63. The number of hydrogen-bond donors (Lipinski definition) is 1. The summed E-state index contributed by atoms with van der Waals surface area (Å²) in [5, 5.41) is 0.753. The third-order valence-electron chi connectivity index (χ3n) is 2.56. The van der Waals surface area contributed by atoms with Crippen LogP contribution in [0.2, 0.25) is 5.02 Å². The zero-order valence-corrected chi connectivity index (χ0v) is 11.5. The number of nitrogens with two attached hydrogens (primary N) is 1. The first-order valence-corrected chi connectivity index (χ1v) is 6.85. The average molecular weight is 282 g/mol. The summed E-state index contributed by atoms with van der Waals surface area (Å²) >= 11 is 7.71. The summed E-state index contributed by atoms with van der Waals surface area (Å²) in [6.45, 7) is 2.00. The highest BCUT2D eigenvalue weighted by Gasteiger charge is 2.05. The van der Waals surface area contributed by atoms with Crippen LogP contribution in [0.4, 0.5) is 10.1 Å². The molecule has 4 heteroatoms. The molecule has 0 aliphatic heterocycles. The van der Waals surface area contributed by atoms with Crippen LogP contribution in [0.25, 0.3) is 0 Å². The van der Waals surface area contributed by atoms with Gasteiger partial charge in [-0.2, -0.15) is 0 Å². The maximum atomic E-state index is 12.9. The number of hydrogen-bond acceptors (Lipinski definition) is 2. The second-order valence-corrected chi connectivity index (χ2v) is 5.49. The largest absolute Gasteiger partial charge is 0.398 e. The van der Waals surface area contributed by atoms with Crippen molar-refractivity contribution >= 4 is 29.1 Å². The van der Waals surface area contributed by atoms with Crippen molar-refractivity contribution in [3.05, 3.63) is 58.4 Å². The Morgan fingerprint density at radius 1 is 1.22 bits per heavy atom. The SMILES string of the molecule is Cc1ccc(CSc2ccc(F)cc2N)c(Cl)c1. The number of benzene rings is 2. The van der Waals surface area contributed by atoms with E-state index in [0.29, 0.717) is 5.69 Å². The van der Waals surface area contributed by atoms with E-state index in [1.165, 1.54) is 12.1 Å². The third-order valence-corrected chi connectivity index (χ3v) is 4.05. The maximum Gasteiger partial charge on any atom is 0.125 e. The number of rotatable bonds is 3. The van der Waals surface area contributed by atoms with Crippen molar-refractivity contribution in [1.82, 2.24) is 0 Å². The van der Waals surface area contributed by atoms with Crippen LogP contribution in [-0.4, -0.2) is 0 Å². The lowest BCUT2D eigenvalue weighted by Crippen LogP contribution is -1.91. The molecule has 0 heterocycles. The first kappa shape index (κ1) is 13.2. The fourth-order valence-corrected chi connectivity index (χ4v) is 2.91. The van der Waals surface area contributed by atoms with Gasteiger partial charge in [-0.25, -0.2) is 4.39 Å². The van der Waals surface area contributed by atoms with Gasteiger partial charge in [0.05, 0.1) is 0 Å². The molecule has 1 nitrogen and oxygen atoms in total. The summed E-state index contributed by atoms with van der Waals surface area (Å²) in [4.78, 5) is 0.869. The Hall–Kier alpha value is -1.19. The Balaban J connectivity index is 2.11. The summed E-state index contributed by atoms with van der Waals surface area (Å²) in [7, 11) is 0. The molecule has 18 heavy (non-hydrogen) atoms. The van der Waals surface area contributed by atoms with E-state index in [4.69, 9.17) is 17.3 Å². The van der Waals surface area contributed by atoms with Gasteiger partial charge in [-0.1, -0.05) is 23.7 Å². The molecule has 0 radical (unpaired) electrons. The van der Waals surface area contributed by atoms with Crippen molar-refractivity contribution in [3.8, 4) is 0 Å². The highest BCUT2D eigenvalue weighted by molar-refractivity contribution is 7.98. The van der Waals surface area contributed by atoms with Crippen LogP contribution in [0.15, 0.2) is 41.3 Å². The molecule has 2 rings (SSSR count). The summed E-state index contributed by atoms with van der Waals surface area (Å²) in [5.74, 6) is 0.403. The van der Waals surface area contributed by atoms with Crippen LogP contribution in [0, 0.1) is 12.7 Å². The fraction of sp³-hybridized carbons (Fsp3) is 0.143. The number of aryl methyl sites for hydroxylation is 1. The van der Waals surface area contributed by atoms with Gasteiger partial charge in [-0.05, 0) is 42.3 Å². The highest BCUT2D eigenvalue weighted by Crippen LogP contribution is 2.31. The molecule has 0 amide bonds.